The van der Waals surface area contributed by atoms with Crippen LogP contribution in [-0.2, 0) is 16.4 Å². The molecule has 4 aromatic rings. The Morgan fingerprint density at radius 2 is 1.61 bits per heavy atom. The standard InChI is InChI=1S/C22H17F3N2O3S/c1-21(2,28)19-11-14(7-9-27-19)16-8-10-26-17-12-18(30-20(16)17)13-3-5-15(6-4-13)31(29)22(23,24)25/h3-12,28H,1-2H3/t31-/m0/s1. The van der Waals surface area contributed by atoms with Crippen molar-refractivity contribution < 1.29 is 26.9 Å². The van der Waals surface area contributed by atoms with E-state index in [2.05, 4.69) is 9.97 Å². The van der Waals surface area contributed by atoms with Crippen LogP contribution in [0.2, 0.25) is 0 Å². The van der Waals surface area contributed by atoms with Crippen molar-refractivity contribution >= 4 is 21.9 Å². The number of alkyl halides is 3. The molecule has 3 heterocycles. The molecular formula is C22H17F3N2O3S. The second-order valence-electron chi connectivity index (χ2n) is 7.41. The van der Waals surface area contributed by atoms with Gasteiger partial charge in [0, 0.05) is 34.5 Å². The van der Waals surface area contributed by atoms with Gasteiger partial charge in [0.2, 0.25) is 0 Å². The number of benzene rings is 1. The monoisotopic (exact) mass is 446 g/mol. The first-order valence-corrected chi connectivity index (χ1v) is 10.4. The van der Waals surface area contributed by atoms with E-state index in [4.69, 9.17) is 4.42 Å². The Labute approximate surface area is 178 Å². The first kappa shape index (κ1) is 21.2. The minimum Gasteiger partial charge on any atom is -0.454 e. The molecule has 0 saturated carbocycles. The predicted octanol–water partition coefficient (Wildman–Crippen LogP) is 5.41. The Morgan fingerprint density at radius 3 is 2.26 bits per heavy atom. The topological polar surface area (TPSA) is 76.2 Å². The highest BCUT2D eigenvalue weighted by atomic mass is 32.2. The fourth-order valence-corrected chi connectivity index (χ4v) is 3.77. The van der Waals surface area contributed by atoms with Gasteiger partial charge in [-0.15, -0.1) is 0 Å². The zero-order valence-corrected chi connectivity index (χ0v) is 17.3. The number of pyridine rings is 2. The minimum atomic E-state index is -4.81. The molecular weight excluding hydrogens is 429 g/mol. The lowest BCUT2D eigenvalue weighted by Gasteiger charge is -2.17. The van der Waals surface area contributed by atoms with E-state index in [1.807, 2.05) is 0 Å². The third-order valence-electron chi connectivity index (χ3n) is 4.67. The number of rotatable bonds is 4. The van der Waals surface area contributed by atoms with Gasteiger partial charge in [-0.3, -0.25) is 9.97 Å². The normalized spacial score (nSPS) is 13.5. The molecule has 0 aliphatic heterocycles. The Balaban J connectivity index is 1.75. The molecule has 0 spiro atoms. The molecule has 9 heteroatoms. The van der Waals surface area contributed by atoms with Crippen molar-refractivity contribution in [3.63, 3.8) is 0 Å². The van der Waals surface area contributed by atoms with Crippen molar-refractivity contribution in [3.05, 3.63) is 66.6 Å². The molecule has 3 aromatic heterocycles. The van der Waals surface area contributed by atoms with Crippen LogP contribution in [0.3, 0.4) is 0 Å². The van der Waals surface area contributed by atoms with E-state index in [1.165, 1.54) is 24.3 Å². The summed E-state index contributed by atoms with van der Waals surface area (Å²) in [4.78, 5) is 8.18. The van der Waals surface area contributed by atoms with E-state index in [0.29, 0.717) is 28.1 Å². The summed E-state index contributed by atoms with van der Waals surface area (Å²) in [5.74, 6) is 0.413. The highest BCUT2D eigenvalue weighted by Gasteiger charge is 2.37. The number of halogens is 3. The molecule has 0 bridgehead atoms. The fourth-order valence-electron chi connectivity index (χ4n) is 3.12. The first-order chi connectivity index (χ1) is 14.5. The first-order valence-electron chi connectivity index (χ1n) is 9.21. The van der Waals surface area contributed by atoms with Crippen molar-refractivity contribution in [2.75, 3.05) is 0 Å². The van der Waals surface area contributed by atoms with Crippen LogP contribution < -0.4 is 0 Å². The highest BCUT2D eigenvalue weighted by molar-refractivity contribution is 7.86. The van der Waals surface area contributed by atoms with Crippen molar-refractivity contribution in [2.45, 2.75) is 29.9 Å². The van der Waals surface area contributed by atoms with Crippen molar-refractivity contribution in [1.29, 1.82) is 0 Å². The van der Waals surface area contributed by atoms with Crippen molar-refractivity contribution in [3.8, 4) is 22.5 Å². The van der Waals surface area contributed by atoms with E-state index in [1.54, 1.807) is 50.5 Å². The SMILES string of the molecule is CC(C)(O)c1cc(-c2ccnc3cc(-c4ccc([S@](=O)C(F)(F)F)cc4)oc23)ccn1. The molecule has 1 aromatic carbocycles. The van der Waals surface area contributed by atoms with Crippen molar-refractivity contribution in [1.82, 2.24) is 9.97 Å². The molecule has 1 N–H and O–H groups in total. The average molecular weight is 446 g/mol. The quantitative estimate of drug-likeness (QED) is 0.454. The third-order valence-corrected chi connectivity index (χ3v) is 5.79. The summed E-state index contributed by atoms with van der Waals surface area (Å²) in [6.07, 6.45) is 3.22. The van der Waals surface area contributed by atoms with Crippen LogP contribution in [0.5, 0.6) is 0 Å². The van der Waals surface area contributed by atoms with Crippen LogP contribution >= 0.6 is 0 Å². The largest absolute Gasteiger partial charge is 0.475 e. The zero-order chi connectivity index (χ0) is 22.4. The van der Waals surface area contributed by atoms with E-state index in [0.717, 1.165) is 11.1 Å². The summed E-state index contributed by atoms with van der Waals surface area (Å²) in [7, 11) is -3.09. The summed E-state index contributed by atoms with van der Waals surface area (Å²) in [6.45, 7) is 3.28. The van der Waals surface area contributed by atoms with Crippen LogP contribution in [0.4, 0.5) is 13.2 Å². The van der Waals surface area contributed by atoms with Gasteiger partial charge in [0.15, 0.2) is 16.4 Å². The second-order valence-corrected chi connectivity index (χ2v) is 8.88. The summed E-state index contributed by atoms with van der Waals surface area (Å²) < 4.78 is 55.4. The van der Waals surface area contributed by atoms with E-state index in [-0.39, 0.29) is 4.90 Å². The van der Waals surface area contributed by atoms with Crippen LogP contribution in [0.25, 0.3) is 33.6 Å². The molecule has 31 heavy (non-hydrogen) atoms. The Kier molecular flexibility index (Phi) is 5.18. The van der Waals surface area contributed by atoms with Gasteiger partial charge in [0.25, 0.3) is 0 Å². The van der Waals surface area contributed by atoms with Gasteiger partial charge >= 0.3 is 5.51 Å². The minimum absolute atomic E-state index is 0.331. The predicted molar refractivity (Wildman–Crippen MR) is 110 cm³/mol. The fraction of sp³-hybridized carbons (Fsp3) is 0.182. The van der Waals surface area contributed by atoms with Gasteiger partial charge in [0.1, 0.15) is 16.9 Å². The van der Waals surface area contributed by atoms with E-state index >= 15 is 0 Å². The number of aromatic nitrogens is 2. The van der Waals surface area contributed by atoms with Gasteiger partial charge in [-0.25, -0.2) is 4.21 Å². The maximum absolute atomic E-state index is 12.7. The van der Waals surface area contributed by atoms with Gasteiger partial charge in [-0.2, -0.15) is 13.2 Å². The summed E-state index contributed by atoms with van der Waals surface area (Å²) in [5, 5.41) is 10.2. The lowest BCUT2D eigenvalue weighted by molar-refractivity contribution is -0.0384. The number of furan rings is 1. The average Bonchev–Trinajstić information content (AvgIpc) is 3.16. The summed E-state index contributed by atoms with van der Waals surface area (Å²) in [6, 6.07) is 12.2. The molecule has 0 fully saturated rings. The molecule has 1 atom stereocenters. The molecule has 0 unspecified atom stereocenters. The number of hydrogen-bond acceptors (Lipinski definition) is 5. The zero-order valence-electron chi connectivity index (χ0n) is 16.5. The molecule has 160 valence electrons. The molecule has 0 aliphatic carbocycles. The molecule has 0 saturated heterocycles. The van der Waals surface area contributed by atoms with Gasteiger partial charge in [-0.05, 0) is 49.7 Å². The maximum Gasteiger partial charge on any atom is 0.475 e. The molecule has 0 amide bonds. The molecule has 4 rings (SSSR count). The highest BCUT2D eigenvalue weighted by Crippen LogP contribution is 2.35. The lowest BCUT2D eigenvalue weighted by Crippen LogP contribution is -2.17. The number of aliphatic hydroxyl groups is 1. The van der Waals surface area contributed by atoms with E-state index in [9.17, 15) is 22.5 Å². The summed E-state index contributed by atoms with van der Waals surface area (Å²) >= 11 is 0. The van der Waals surface area contributed by atoms with Crippen molar-refractivity contribution in [2.24, 2.45) is 0 Å². The number of hydrogen-bond donors (Lipinski definition) is 1. The van der Waals surface area contributed by atoms with E-state index < -0.39 is 21.9 Å². The number of nitrogens with zero attached hydrogens (tertiary/aromatic N) is 2. The van der Waals surface area contributed by atoms with Gasteiger partial charge < -0.3 is 9.52 Å². The molecule has 5 nitrogen and oxygen atoms in total. The van der Waals surface area contributed by atoms with Crippen LogP contribution in [0.15, 0.2) is 70.2 Å². The maximum atomic E-state index is 12.7. The number of fused-ring (bicyclic) bond motifs is 1. The van der Waals surface area contributed by atoms with Crippen LogP contribution in [-0.4, -0.2) is 24.8 Å². The molecule has 0 aliphatic rings. The summed E-state index contributed by atoms with van der Waals surface area (Å²) in [5.41, 5.74) is -2.34. The smallest absolute Gasteiger partial charge is 0.454 e. The lowest BCUT2D eigenvalue weighted by atomic mass is 10.00. The Morgan fingerprint density at radius 1 is 0.935 bits per heavy atom. The Hall–Kier alpha value is -3.04. The molecule has 0 radical (unpaired) electrons. The van der Waals surface area contributed by atoms with Crippen LogP contribution in [0, 0.1) is 0 Å². The Bertz CT molecular complexity index is 1280. The van der Waals surface area contributed by atoms with Gasteiger partial charge in [0.05, 0.1) is 5.69 Å². The van der Waals surface area contributed by atoms with Crippen LogP contribution in [0.1, 0.15) is 19.5 Å². The van der Waals surface area contributed by atoms with Gasteiger partial charge in [-0.1, -0.05) is 12.1 Å². The third kappa shape index (κ3) is 4.24. The second kappa shape index (κ2) is 7.58.